The Kier molecular flexibility index (Phi) is 1.45. The number of hydrogen-bond donors (Lipinski definition) is 0. The zero-order valence-electron chi connectivity index (χ0n) is 8.08. The fourth-order valence-corrected chi connectivity index (χ4v) is 1.81. The summed E-state index contributed by atoms with van der Waals surface area (Å²) in [6.07, 6.45) is 1.45. The summed E-state index contributed by atoms with van der Waals surface area (Å²) in [4.78, 5) is 15.6. The van der Waals surface area contributed by atoms with Crippen LogP contribution in [0.3, 0.4) is 0 Å². The summed E-state index contributed by atoms with van der Waals surface area (Å²) in [6, 6.07) is 7.60. The van der Waals surface area contributed by atoms with Crippen molar-refractivity contribution in [3.05, 3.63) is 30.6 Å². The molecular formula is C10H8N4O. The molecule has 0 saturated carbocycles. The molecule has 2 heterocycles. The lowest BCUT2D eigenvalue weighted by atomic mass is 10.3. The molecule has 5 nitrogen and oxygen atoms in total. The molecule has 0 N–H and O–H groups in total. The third kappa shape index (κ3) is 0.942. The molecule has 0 amide bonds. The van der Waals surface area contributed by atoms with E-state index >= 15 is 0 Å². The van der Waals surface area contributed by atoms with Crippen LogP contribution in [-0.2, 0) is 0 Å². The summed E-state index contributed by atoms with van der Waals surface area (Å²) in [5, 5.41) is 4.08. The van der Waals surface area contributed by atoms with E-state index in [-0.39, 0.29) is 5.91 Å². The standard InChI is InChI=1S/C10H8N4O/c1-7(15)13-8-4-2-3-5-9(8)14-10(13)11-6-12-14/h2-6H,1H3. The SMILES string of the molecule is CC(=O)n1c2ccccc2n2ncnc12. The second-order valence-corrected chi connectivity index (χ2v) is 3.31. The Hall–Kier alpha value is -2.17. The van der Waals surface area contributed by atoms with Crippen molar-refractivity contribution in [2.75, 3.05) is 0 Å². The fourth-order valence-electron chi connectivity index (χ4n) is 1.81. The lowest BCUT2D eigenvalue weighted by molar-refractivity contribution is 0.0945. The number of para-hydroxylation sites is 2. The molecule has 74 valence electrons. The third-order valence-electron chi connectivity index (χ3n) is 2.40. The molecule has 0 unspecified atom stereocenters. The van der Waals surface area contributed by atoms with E-state index in [2.05, 4.69) is 10.1 Å². The van der Waals surface area contributed by atoms with E-state index in [9.17, 15) is 4.79 Å². The van der Waals surface area contributed by atoms with Gasteiger partial charge in [0.05, 0.1) is 11.0 Å². The molecule has 5 heteroatoms. The zero-order chi connectivity index (χ0) is 10.4. The van der Waals surface area contributed by atoms with Crippen LogP contribution in [0.4, 0.5) is 0 Å². The minimum Gasteiger partial charge on any atom is -0.274 e. The Labute approximate surface area is 84.9 Å². The fraction of sp³-hybridized carbons (Fsp3) is 0.100. The number of imidazole rings is 1. The predicted molar refractivity (Wildman–Crippen MR) is 54.8 cm³/mol. The van der Waals surface area contributed by atoms with Crippen LogP contribution in [-0.4, -0.2) is 25.1 Å². The molecule has 3 aromatic rings. The van der Waals surface area contributed by atoms with Gasteiger partial charge in [-0.15, -0.1) is 0 Å². The first-order valence-corrected chi connectivity index (χ1v) is 4.59. The molecule has 0 aliphatic heterocycles. The highest BCUT2D eigenvalue weighted by Gasteiger charge is 2.13. The summed E-state index contributed by atoms with van der Waals surface area (Å²) in [5.74, 6) is 0.498. The monoisotopic (exact) mass is 200 g/mol. The summed E-state index contributed by atoms with van der Waals surface area (Å²) in [6.45, 7) is 1.52. The first kappa shape index (κ1) is 8.16. The first-order chi connectivity index (χ1) is 7.29. The van der Waals surface area contributed by atoms with Gasteiger partial charge in [-0.25, -0.2) is 4.57 Å². The maximum atomic E-state index is 11.5. The molecule has 1 aromatic carbocycles. The summed E-state index contributed by atoms with van der Waals surface area (Å²) < 4.78 is 3.22. The molecule has 0 atom stereocenters. The second kappa shape index (κ2) is 2.66. The van der Waals surface area contributed by atoms with Crippen molar-refractivity contribution in [2.24, 2.45) is 0 Å². The number of benzene rings is 1. The number of fused-ring (bicyclic) bond motifs is 3. The molecule has 0 saturated heterocycles. The van der Waals surface area contributed by atoms with Crippen molar-refractivity contribution < 1.29 is 4.79 Å². The van der Waals surface area contributed by atoms with Crippen LogP contribution >= 0.6 is 0 Å². The van der Waals surface area contributed by atoms with Gasteiger partial charge in [0.1, 0.15) is 6.33 Å². The van der Waals surface area contributed by atoms with Crippen LogP contribution in [0.25, 0.3) is 16.8 Å². The Balaban J connectivity index is 2.64. The topological polar surface area (TPSA) is 52.2 Å². The molecule has 15 heavy (non-hydrogen) atoms. The van der Waals surface area contributed by atoms with E-state index in [1.54, 1.807) is 9.08 Å². The van der Waals surface area contributed by atoms with E-state index in [4.69, 9.17) is 0 Å². The van der Waals surface area contributed by atoms with E-state index in [1.807, 2.05) is 24.3 Å². The Morgan fingerprint density at radius 2 is 2.00 bits per heavy atom. The molecule has 0 radical (unpaired) electrons. The van der Waals surface area contributed by atoms with Gasteiger partial charge in [-0.3, -0.25) is 4.79 Å². The minimum absolute atomic E-state index is 0.0609. The van der Waals surface area contributed by atoms with Crippen LogP contribution in [0.15, 0.2) is 30.6 Å². The summed E-state index contributed by atoms with van der Waals surface area (Å²) in [7, 11) is 0. The van der Waals surface area contributed by atoms with Crippen LogP contribution in [0, 0.1) is 0 Å². The number of carbonyl (C=O) groups is 1. The molecule has 0 bridgehead atoms. The quantitative estimate of drug-likeness (QED) is 0.550. The molecule has 2 aromatic heterocycles. The Morgan fingerprint density at radius 1 is 1.27 bits per heavy atom. The van der Waals surface area contributed by atoms with Crippen molar-refractivity contribution in [2.45, 2.75) is 6.92 Å². The average Bonchev–Trinajstić information content (AvgIpc) is 2.75. The largest absolute Gasteiger partial charge is 0.274 e. The Bertz CT molecular complexity index is 664. The number of rotatable bonds is 0. The van der Waals surface area contributed by atoms with Crippen molar-refractivity contribution in [3.8, 4) is 0 Å². The van der Waals surface area contributed by atoms with Crippen LogP contribution in [0.2, 0.25) is 0 Å². The highest BCUT2D eigenvalue weighted by Crippen LogP contribution is 2.17. The maximum Gasteiger partial charge on any atom is 0.240 e. The summed E-state index contributed by atoms with van der Waals surface area (Å²) in [5.41, 5.74) is 1.72. The van der Waals surface area contributed by atoms with E-state index in [0.29, 0.717) is 5.78 Å². The zero-order valence-corrected chi connectivity index (χ0v) is 8.08. The molecule has 0 spiro atoms. The lowest BCUT2D eigenvalue weighted by Crippen LogP contribution is -2.05. The highest BCUT2D eigenvalue weighted by molar-refractivity contribution is 5.93. The molecule has 3 rings (SSSR count). The van der Waals surface area contributed by atoms with E-state index in [0.717, 1.165) is 11.0 Å². The molecular weight excluding hydrogens is 192 g/mol. The lowest BCUT2D eigenvalue weighted by Gasteiger charge is -1.96. The van der Waals surface area contributed by atoms with Gasteiger partial charge in [0.2, 0.25) is 11.7 Å². The van der Waals surface area contributed by atoms with Crippen molar-refractivity contribution >= 4 is 22.7 Å². The third-order valence-corrected chi connectivity index (χ3v) is 2.40. The number of hydrogen-bond acceptors (Lipinski definition) is 3. The van der Waals surface area contributed by atoms with Gasteiger partial charge in [0, 0.05) is 6.92 Å². The highest BCUT2D eigenvalue weighted by atomic mass is 16.1. The van der Waals surface area contributed by atoms with Crippen molar-refractivity contribution in [1.82, 2.24) is 19.2 Å². The van der Waals surface area contributed by atoms with Crippen molar-refractivity contribution in [1.29, 1.82) is 0 Å². The number of carbonyl (C=O) groups excluding carboxylic acids is 1. The van der Waals surface area contributed by atoms with Crippen LogP contribution in [0.5, 0.6) is 0 Å². The molecule has 0 fully saturated rings. The van der Waals surface area contributed by atoms with E-state index in [1.165, 1.54) is 13.3 Å². The Morgan fingerprint density at radius 3 is 2.73 bits per heavy atom. The van der Waals surface area contributed by atoms with Gasteiger partial charge in [0.25, 0.3) is 0 Å². The van der Waals surface area contributed by atoms with Gasteiger partial charge in [-0.1, -0.05) is 12.1 Å². The van der Waals surface area contributed by atoms with Gasteiger partial charge in [-0.05, 0) is 12.1 Å². The molecule has 0 aliphatic rings. The van der Waals surface area contributed by atoms with Gasteiger partial charge in [-0.2, -0.15) is 14.6 Å². The van der Waals surface area contributed by atoms with Gasteiger partial charge in [0.15, 0.2) is 0 Å². The second-order valence-electron chi connectivity index (χ2n) is 3.31. The number of nitrogens with zero attached hydrogens (tertiary/aromatic N) is 4. The van der Waals surface area contributed by atoms with Gasteiger partial charge < -0.3 is 0 Å². The normalized spacial score (nSPS) is 11.3. The van der Waals surface area contributed by atoms with Crippen LogP contribution < -0.4 is 0 Å². The summed E-state index contributed by atoms with van der Waals surface area (Å²) >= 11 is 0. The molecule has 0 aliphatic carbocycles. The maximum absolute atomic E-state index is 11.5. The first-order valence-electron chi connectivity index (χ1n) is 4.59. The van der Waals surface area contributed by atoms with Crippen molar-refractivity contribution in [3.63, 3.8) is 0 Å². The minimum atomic E-state index is -0.0609. The average molecular weight is 200 g/mol. The smallest absolute Gasteiger partial charge is 0.240 e. The van der Waals surface area contributed by atoms with Gasteiger partial charge >= 0.3 is 0 Å². The number of aromatic nitrogens is 4. The van der Waals surface area contributed by atoms with Crippen LogP contribution in [0.1, 0.15) is 11.7 Å². The van der Waals surface area contributed by atoms with E-state index < -0.39 is 0 Å². The predicted octanol–water partition coefficient (Wildman–Crippen LogP) is 1.34.